The summed E-state index contributed by atoms with van der Waals surface area (Å²) in [7, 11) is -7.88. The molecule has 5 nitrogen and oxygen atoms in total. The maximum atomic E-state index is 15.9. The molecule has 0 spiro atoms. The molecule has 0 aliphatic rings. The van der Waals surface area contributed by atoms with Crippen LogP contribution >= 0.6 is 15.0 Å². The zero-order chi connectivity index (χ0) is 53.7. The van der Waals surface area contributed by atoms with Gasteiger partial charge < -0.3 is 13.6 Å². The van der Waals surface area contributed by atoms with Gasteiger partial charge in [0.2, 0.25) is 0 Å². The zero-order valence-corrected chi connectivity index (χ0v) is 48.7. The Kier molecular flexibility index (Phi) is 15.1. The SMILES string of the molecule is CC(C)(C)c1ccc(OP(=O)(Oc2ccc(C(C)(C)C)cc2C(C)(C)C)c2ccc(-c3ccc(P(=O)(Oc4ccc(C(C)(C)C)cc4C(C)(C)C)c4ccc(-c5ccccc5)cc4)cc3)cc2)c(C(C)(C)C)c1. The Bertz CT molecular complexity index is 3080. The summed E-state index contributed by atoms with van der Waals surface area (Å²) in [5.41, 5.74) is 9.07. The van der Waals surface area contributed by atoms with Gasteiger partial charge in [0, 0.05) is 16.7 Å². The predicted molar refractivity (Wildman–Crippen MR) is 311 cm³/mol. The van der Waals surface area contributed by atoms with Crippen molar-refractivity contribution in [2.75, 3.05) is 0 Å². The van der Waals surface area contributed by atoms with Gasteiger partial charge in [-0.2, -0.15) is 0 Å². The summed E-state index contributed by atoms with van der Waals surface area (Å²) in [5, 5.41) is 1.60. The Labute approximate surface area is 439 Å². The van der Waals surface area contributed by atoms with E-state index in [1.165, 1.54) is 5.56 Å². The molecule has 7 aromatic rings. The first kappa shape index (κ1) is 55.2. The molecule has 1 unspecified atom stereocenters. The molecule has 7 rings (SSSR count). The molecule has 0 amide bonds. The summed E-state index contributed by atoms with van der Waals surface area (Å²) in [6, 6.07) is 52.2. The van der Waals surface area contributed by atoms with Crippen LogP contribution in [0.3, 0.4) is 0 Å². The van der Waals surface area contributed by atoms with Crippen molar-refractivity contribution in [1.82, 2.24) is 0 Å². The first-order valence-corrected chi connectivity index (χ1v) is 29.0. The van der Waals surface area contributed by atoms with Crippen LogP contribution in [0.1, 0.15) is 158 Å². The van der Waals surface area contributed by atoms with Gasteiger partial charge in [-0.1, -0.05) is 228 Å². The summed E-state index contributed by atoms with van der Waals surface area (Å²) in [4.78, 5) is 0. The van der Waals surface area contributed by atoms with Crippen LogP contribution in [-0.2, 0) is 41.6 Å². The van der Waals surface area contributed by atoms with E-state index < -0.39 is 15.0 Å². The minimum absolute atomic E-state index is 0.0805. The molecule has 0 saturated carbocycles. The fourth-order valence-electron chi connectivity index (χ4n) is 8.93. The van der Waals surface area contributed by atoms with Crippen molar-refractivity contribution in [2.45, 2.75) is 157 Å². The summed E-state index contributed by atoms with van der Waals surface area (Å²) in [5.74, 6) is 1.64. The Balaban J connectivity index is 1.31. The van der Waals surface area contributed by atoms with Gasteiger partial charge in [0.1, 0.15) is 17.2 Å². The highest BCUT2D eigenvalue weighted by atomic mass is 31.2. The van der Waals surface area contributed by atoms with E-state index in [0.717, 1.165) is 50.1 Å². The van der Waals surface area contributed by atoms with Crippen molar-refractivity contribution < 1.29 is 22.7 Å². The summed E-state index contributed by atoms with van der Waals surface area (Å²) in [6.45, 7) is 39.2. The van der Waals surface area contributed by atoms with E-state index in [2.05, 4.69) is 173 Å². The van der Waals surface area contributed by atoms with Crippen molar-refractivity contribution in [3.05, 3.63) is 191 Å². The van der Waals surface area contributed by atoms with E-state index in [1.54, 1.807) is 0 Å². The van der Waals surface area contributed by atoms with Gasteiger partial charge in [-0.3, -0.25) is 4.57 Å². The molecular weight excluding hydrogens is 935 g/mol. The number of hydrogen-bond donors (Lipinski definition) is 0. The van der Waals surface area contributed by atoms with Gasteiger partial charge >= 0.3 is 15.0 Å². The molecule has 0 heterocycles. The first-order chi connectivity index (χ1) is 33.7. The highest BCUT2D eigenvalue weighted by Gasteiger charge is 2.38. The topological polar surface area (TPSA) is 61.8 Å². The second kappa shape index (κ2) is 19.9. The second-order valence-electron chi connectivity index (χ2n) is 26.0. The van der Waals surface area contributed by atoms with Gasteiger partial charge in [0.15, 0.2) is 0 Å². The third kappa shape index (κ3) is 12.5. The molecule has 1 atom stereocenters. The highest BCUT2D eigenvalue weighted by molar-refractivity contribution is 7.74. The molecule has 73 heavy (non-hydrogen) atoms. The van der Waals surface area contributed by atoms with E-state index in [4.69, 9.17) is 13.6 Å². The third-order valence-electron chi connectivity index (χ3n) is 13.7. The van der Waals surface area contributed by atoms with Gasteiger partial charge in [-0.05, 0) is 126 Å². The van der Waals surface area contributed by atoms with Crippen molar-refractivity contribution >= 4 is 30.9 Å². The van der Waals surface area contributed by atoms with Crippen LogP contribution in [0.2, 0.25) is 0 Å². The molecule has 7 heteroatoms. The Morgan fingerprint density at radius 3 is 0.849 bits per heavy atom. The highest BCUT2D eigenvalue weighted by Crippen LogP contribution is 2.53. The molecule has 0 aliphatic carbocycles. The van der Waals surface area contributed by atoms with Crippen molar-refractivity contribution in [3.8, 4) is 39.5 Å². The van der Waals surface area contributed by atoms with Gasteiger partial charge in [0.05, 0.1) is 15.9 Å². The quantitative estimate of drug-likeness (QED) is 0.121. The van der Waals surface area contributed by atoms with Crippen LogP contribution in [0.25, 0.3) is 22.3 Å². The van der Waals surface area contributed by atoms with Crippen LogP contribution in [0.15, 0.2) is 158 Å². The van der Waals surface area contributed by atoms with Crippen LogP contribution in [-0.4, -0.2) is 0 Å². The smallest absolute Gasteiger partial charge is 0.437 e. The van der Waals surface area contributed by atoms with E-state index in [9.17, 15) is 0 Å². The second-order valence-corrected chi connectivity index (χ2v) is 30.2. The van der Waals surface area contributed by atoms with Crippen LogP contribution < -0.4 is 29.5 Å². The molecular formula is C66H80O5P2. The van der Waals surface area contributed by atoms with Crippen molar-refractivity contribution in [2.24, 2.45) is 0 Å². The van der Waals surface area contributed by atoms with Gasteiger partial charge in [-0.15, -0.1) is 0 Å². The number of hydrogen-bond acceptors (Lipinski definition) is 5. The lowest BCUT2D eigenvalue weighted by Gasteiger charge is -2.31. The van der Waals surface area contributed by atoms with Gasteiger partial charge in [-0.25, -0.2) is 4.57 Å². The molecule has 0 N–H and O–H groups in total. The van der Waals surface area contributed by atoms with Crippen molar-refractivity contribution in [1.29, 1.82) is 0 Å². The fourth-order valence-corrected chi connectivity index (χ4v) is 12.6. The maximum Gasteiger partial charge on any atom is 0.462 e. The van der Waals surface area contributed by atoms with E-state index in [1.807, 2.05) is 109 Å². The number of benzene rings is 7. The molecule has 0 radical (unpaired) electrons. The largest absolute Gasteiger partial charge is 0.462 e. The fraction of sp³-hybridized carbons (Fsp3) is 0.364. The average molecular weight is 1020 g/mol. The Morgan fingerprint density at radius 1 is 0.288 bits per heavy atom. The molecule has 0 saturated heterocycles. The van der Waals surface area contributed by atoms with Crippen molar-refractivity contribution in [3.63, 3.8) is 0 Å². The Morgan fingerprint density at radius 2 is 0.562 bits per heavy atom. The molecule has 0 aliphatic heterocycles. The monoisotopic (exact) mass is 1010 g/mol. The van der Waals surface area contributed by atoms with Gasteiger partial charge in [0.25, 0.3) is 0 Å². The normalized spacial score (nSPS) is 13.8. The van der Waals surface area contributed by atoms with Crippen LogP contribution in [0.5, 0.6) is 17.2 Å². The molecule has 0 fully saturated rings. The molecule has 0 aromatic heterocycles. The lowest BCUT2D eigenvalue weighted by atomic mass is 9.80. The molecule has 384 valence electrons. The van der Waals surface area contributed by atoms with Crippen LogP contribution in [0.4, 0.5) is 0 Å². The summed E-state index contributed by atoms with van der Waals surface area (Å²) >= 11 is 0. The minimum Gasteiger partial charge on any atom is -0.437 e. The summed E-state index contributed by atoms with van der Waals surface area (Å²) in [6.07, 6.45) is 0. The predicted octanol–water partition coefficient (Wildman–Crippen LogP) is 18.1. The van der Waals surface area contributed by atoms with E-state index >= 15 is 9.13 Å². The van der Waals surface area contributed by atoms with Crippen LogP contribution in [0, 0.1) is 0 Å². The average Bonchev–Trinajstić information content (AvgIpc) is 3.30. The lowest BCUT2D eigenvalue weighted by molar-refractivity contribution is 0.387. The summed E-state index contributed by atoms with van der Waals surface area (Å²) < 4.78 is 52.5. The van der Waals surface area contributed by atoms with E-state index in [0.29, 0.717) is 33.2 Å². The molecule has 7 aromatic carbocycles. The number of rotatable bonds is 11. The zero-order valence-electron chi connectivity index (χ0n) is 46.9. The minimum atomic E-state index is -4.13. The first-order valence-electron chi connectivity index (χ1n) is 25.8. The maximum absolute atomic E-state index is 15.9. The van der Waals surface area contributed by atoms with E-state index in [-0.39, 0.29) is 32.5 Å². The molecule has 0 bridgehead atoms. The Hall–Kier alpha value is -5.60. The lowest BCUT2D eigenvalue weighted by Crippen LogP contribution is -2.23. The third-order valence-corrected chi connectivity index (χ3v) is 17.9. The standard InChI is InChI=1S/C66H80O5P2/c1-61(2,3)49-30-39-58(55(42-49)64(10,11)12)69-72(67,52-33-24-46(25-34-52)45-22-20-19-21-23-45)53-35-26-47(27-36-53)48-28-37-54(38-29-48)73(68,70-59-40-31-50(62(4,5)6)43-56(59)65(13,14)15)71-60-41-32-51(63(7,8)9)44-57(60)66(16,17)18/h19-44H,1-18H3.